The van der Waals surface area contributed by atoms with Crippen LogP contribution in [0, 0.1) is 0 Å². The lowest BCUT2D eigenvalue weighted by Gasteiger charge is -2.36. The average molecular weight is 399 g/mol. The second-order valence-corrected chi connectivity index (χ2v) is 7.47. The van der Waals surface area contributed by atoms with Gasteiger partial charge in [-0.05, 0) is 31.5 Å². The van der Waals surface area contributed by atoms with Gasteiger partial charge in [-0.25, -0.2) is 4.98 Å². The Morgan fingerprint density at radius 2 is 1.89 bits per heavy atom. The first kappa shape index (κ1) is 20.9. The van der Waals surface area contributed by atoms with E-state index in [1.807, 2.05) is 4.90 Å². The van der Waals surface area contributed by atoms with Crippen LogP contribution in [0.2, 0.25) is 0 Å². The van der Waals surface area contributed by atoms with Gasteiger partial charge >= 0.3 is 6.18 Å². The Morgan fingerprint density at radius 3 is 2.50 bits per heavy atom. The monoisotopic (exact) mass is 399 g/mol. The fourth-order valence-corrected chi connectivity index (χ4v) is 3.78. The molecule has 156 valence electrons. The first-order chi connectivity index (χ1) is 13.3. The summed E-state index contributed by atoms with van der Waals surface area (Å²) in [6.45, 7) is 8.63. The number of carbonyl (C=O) groups excluding carboxylic acids is 1. The minimum atomic E-state index is -4.38. The highest BCUT2D eigenvalue weighted by molar-refractivity contribution is 5.78. The Hall–Kier alpha value is -1.87. The number of amides is 1. The van der Waals surface area contributed by atoms with E-state index < -0.39 is 11.7 Å². The molecule has 6 nitrogen and oxygen atoms in total. The van der Waals surface area contributed by atoms with E-state index in [1.54, 1.807) is 0 Å². The van der Waals surface area contributed by atoms with Crippen LogP contribution in [-0.4, -0.2) is 79.1 Å². The number of nitrogens with one attached hydrogen (secondary N) is 1. The molecule has 2 saturated heterocycles. The predicted octanol–water partition coefficient (Wildman–Crippen LogP) is 1.82. The second-order valence-electron chi connectivity index (χ2n) is 7.47. The van der Waals surface area contributed by atoms with Crippen LogP contribution in [0.15, 0.2) is 18.3 Å². The zero-order valence-electron chi connectivity index (χ0n) is 16.2. The molecule has 0 aromatic carbocycles. The molecule has 1 aromatic heterocycles. The molecule has 2 aliphatic heterocycles. The van der Waals surface area contributed by atoms with Crippen molar-refractivity contribution in [2.75, 3.05) is 57.3 Å². The molecule has 2 fully saturated rings. The molecular weight excluding hydrogens is 371 g/mol. The second kappa shape index (κ2) is 9.09. The van der Waals surface area contributed by atoms with Gasteiger partial charge in [0.25, 0.3) is 0 Å². The number of piperidine rings is 1. The smallest absolute Gasteiger partial charge is 0.355 e. The maximum Gasteiger partial charge on any atom is 0.417 e. The van der Waals surface area contributed by atoms with Gasteiger partial charge in [-0.2, -0.15) is 13.2 Å². The topological polar surface area (TPSA) is 51.7 Å². The Kier molecular flexibility index (Phi) is 6.77. The van der Waals surface area contributed by atoms with E-state index in [0.717, 1.165) is 64.4 Å². The fourth-order valence-electron chi connectivity index (χ4n) is 3.78. The third-order valence-corrected chi connectivity index (χ3v) is 5.47. The summed E-state index contributed by atoms with van der Waals surface area (Å²) in [6, 6.07) is 2.45. The number of alkyl halides is 3. The molecule has 3 heterocycles. The van der Waals surface area contributed by atoms with Crippen LogP contribution in [0.3, 0.4) is 0 Å². The largest absolute Gasteiger partial charge is 0.417 e. The molecular formula is C19H28F3N5O. The lowest BCUT2D eigenvalue weighted by molar-refractivity contribution is -0.137. The summed E-state index contributed by atoms with van der Waals surface area (Å²) in [5.74, 6) is 0.528. The van der Waals surface area contributed by atoms with Gasteiger partial charge in [0.2, 0.25) is 5.91 Å². The van der Waals surface area contributed by atoms with E-state index >= 15 is 0 Å². The number of halogens is 3. The van der Waals surface area contributed by atoms with E-state index in [2.05, 4.69) is 27.0 Å². The zero-order valence-corrected chi connectivity index (χ0v) is 16.2. The number of rotatable bonds is 5. The number of piperazine rings is 1. The normalized spacial score (nSPS) is 22.3. The lowest BCUT2D eigenvalue weighted by atomic mass is 10.1. The van der Waals surface area contributed by atoms with Crippen molar-refractivity contribution in [3.8, 4) is 0 Å². The van der Waals surface area contributed by atoms with Gasteiger partial charge in [0.1, 0.15) is 5.82 Å². The van der Waals surface area contributed by atoms with E-state index in [-0.39, 0.29) is 11.9 Å². The molecule has 0 saturated carbocycles. The van der Waals surface area contributed by atoms with E-state index in [4.69, 9.17) is 0 Å². The Labute approximate surface area is 163 Å². The van der Waals surface area contributed by atoms with Crippen molar-refractivity contribution in [1.29, 1.82) is 0 Å². The van der Waals surface area contributed by atoms with Crippen molar-refractivity contribution >= 4 is 11.7 Å². The van der Waals surface area contributed by atoms with E-state index in [1.165, 1.54) is 6.07 Å². The van der Waals surface area contributed by atoms with Crippen molar-refractivity contribution in [1.82, 2.24) is 20.1 Å². The van der Waals surface area contributed by atoms with Crippen molar-refractivity contribution in [2.24, 2.45) is 0 Å². The van der Waals surface area contributed by atoms with Crippen molar-refractivity contribution < 1.29 is 18.0 Å². The Balaban J connectivity index is 1.49. The van der Waals surface area contributed by atoms with Crippen molar-refractivity contribution in [2.45, 2.75) is 32.0 Å². The van der Waals surface area contributed by atoms with E-state index in [0.29, 0.717) is 18.9 Å². The van der Waals surface area contributed by atoms with Crippen molar-refractivity contribution in [3.05, 3.63) is 23.9 Å². The van der Waals surface area contributed by atoms with Gasteiger partial charge in [0, 0.05) is 51.5 Å². The van der Waals surface area contributed by atoms with Crippen LogP contribution in [-0.2, 0) is 11.0 Å². The summed E-state index contributed by atoms with van der Waals surface area (Å²) in [5, 5.41) is 3.08. The first-order valence-corrected chi connectivity index (χ1v) is 9.87. The standard InChI is InChI=1S/C19H28F3N5O/c1-2-25-8-10-26(11-9-25)14-18(28)24-16-4-3-7-27(13-16)17-6-5-15(12-23-17)19(20,21)22/h5-6,12,16H,2-4,7-11,13-14H2,1H3,(H,24,28)/t16-/m1/s1. The molecule has 3 rings (SSSR count). The molecule has 28 heavy (non-hydrogen) atoms. The summed E-state index contributed by atoms with van der Waals surface area (Å²) in [5.41, 5.74) is -0.749. The third-order valence-electron chi connectivity index (χ3n) is 5.47. The quantitative estimate of drug-likeness (QED) is 0.819. The predicted molar refractivity (Wildman–Crippen MR) is 101 cm³/mol. The zero-order chi connectivity index (χ0) is 20.1. The molecule has 1 amide bonds. The molecule has 1 aromatic rings. The van der Waals surface area contributed by atoms with Gasteiger partial charge in [0.05, 0.1) is 12.1 Å². The number of nitrogens with zero attached hydrogens (tertiary/aromatic N) is 4. The summed E-state index contributed by atoms with van der Waals surface area (Å²) < 4.78 is 38.1. The number of carbonyl (C=O) groups is 1. The molecule has 1 N–H and O–H groups in total. The summed E-state index contributed by atoms with van der Waals surface area (Å²) in [4.78, 5) is 22.8. The minimum absolute atomic E-state index is 0.0113. The van der Waals surface area contributed by atoms with Crippen LogP contribution >= 0.6 is 0 Å². The average Bonchev–Trinajstić information content (AvgIpc) is 2.68. The number of likely N-dealkylation sites (N-methyl/N-ethyl adjacent to an activating group) is 1. The van der Waals surface area contributed by atoms with Crippen LogP contribution in [0.5, 0.6) is 0 Å². The van der Waals surface area contributed by atoms with Crippen LogP contribution in [0.25, 0.3) is 0 Å². The van der Waals surface area contributed by atoms with Gasteiger partial charge in [-0.3, -0.25) is 9.69 Å². The molecule has 0 aliphatic carbocycles. The molecule has 0 unspecified atom stereocenters. The molecule has 9 heteroatoms. The maximum absolute atomic E-state index is 12.7. The third kappa shape index (κ3) is 5.57. The van der Waals surface area contributed by atoms with Crippen molar-refractivity contribution in [3.63, 3.8) is 0 Å². The Morgan fingerprint density at radius 1 is 1.18 bits per heavy atom. The highest BCUT2D eigenvalue weighted by Gasteiger charge is 2.31. The van der Waals surface area contributed by atoms with Crippen LogP contribution in [0.4, 0.5) is 19.0 Å². The minimum Gasteiger partial charge on any atom is -0.355 e. The Bertz CT molecular complexity index is 644. The SMILES string of the molecule is CCN1CCN(CC(=O)N[C@@H]2CCCN(c3ccc(C(F)(F)F)cn3)C2)CC1. The molecule has 2 aliphatic rings. The summed E-state index contributed by atoms with van der Waals surface area (Å²) in [6.07, 6.45) is -1.78. The number of aromatic nitrogens is 1. The van der Waals surface area contributed by atoms with Gasteiger partial charge in [-0.15, -0.1) is 0 Å². The maximum atomic E-state index is 12.7. The molecule has 0 bridgehead atoms. The van der Waals surface area contributed by atoms with Gasteiger partial charge in [-0.1, -0.05) is 6.92 Å². The van der Waals surface area contributed by atoms with Crippen LogP contribution < -0.4 is 10.2 Å². The number of pyridine rings is 1. The highest BCUT2D eigenvalue weighted by Crippen LogP contribution is 2.29. The van der Waals surface area contributed by atoms with Gasteiger partial charge in [0.15, 0.2) is 0 Å². The fraction of sp³-hybridized carbons (Fsp3) is 0.684. The highest BCUT2D eigenvalue weighted by atomic mass is 19.4. The number of hydrogen-bond acceptors (Lipinski definition) is 5. The van der Waals surface area contributed by atoms with Crippen LogP contribution in [0.1, 0.15) is 25.3 Å². The molecule has 0 radical (unpaired) electrons. The summed E-state index contributed by atoms with van der Waals surface area (Å²) >= 11 is 0. The molecule has 0 spiro atoms. The van der Waals surface area contributed by atoms with E-state index in [9.17, 15) is 18.0 Å². The number of hydrogen-bond donors (Lipinski definition) is 1. The first-order valence-electron chi connectivity index (χ1n) is 9.87. The van der Waals surface area contributed by atoms with Gasteiger partial charge < -0.3 is 15.1 Å². The summed E-state index contributed by atoms with van der Waals surface area (Å²) in [7, 11) is 0. The number of anilines is 1. The molecule has 1 atom stereocenters. The lowest BCUT2D eigenvalue weighted by Crippen LogP contribution is -2.53.